The van der Waals surface area contributed by atoms with Gasteiger partial charge in [0.05, 0.1) is 5.69 Å². The molecule has 1 aliphatic heterocycles. The molecule has 2 aromatic rings. The lowest BCUT2D eigenvalue weighted by atomic mass is 9.75. The second kappa shape index (κ2) is 6.48. The minimum absolute atomic E-state index is 0.743. The third-order valence-electron chi connectivity index (χ3n) is 5.61. The second-order valence-corrected chi connectivity index (χ2v) is 7.34. The zero-order chi connectivity index (χ0) is 15.6. The van der Waals surface area contributed by atoms with E-state index in [0.717, 1.165) is 35.5 Å². The summed E-state index contributed by atoms with van der Waals surface area (Å²) in [5.74, 6) is 2.65. The quantitative estimate of drug-likeness (QED) is 0.825. The summed E-state index contributed by atoms with van der Waals surface area (Å²) in [5.41, 5.74) is 3.39. The normalized spacial score (nSPS) is 25.3. The molecule has 1 aromatic heterocycles. The van der Waals surface area contributed by atoms with Gasteiger partial charge in [0.1, 0.15) is 6.26 Å². The standard InChI is InChI=1S/C20H26N2O/c1-15-6-8-17(9-7-15)20-21-19(14-23-20)13-22-11-10-16-4-2-3-5-18(16)12-22/h6-9,14,16,18H,2-5,10-13H2,1H3/t16-,18-/m1/s1. The lowest BCUT2D eigenvalue weighted by molar-refractivity contribution is 0.0812. The van der Waals surface area contributed by atoms with Crippen LogP contribution < -0.4 is 0 Å². The van der Waals surface area contributed by atoms with Gasteiger partial charge in [-0.3, -0.25) is 4.90 Å². The predicted molar refractivity (Wildman–Crippen MR) is 92.0 cm³/mol. The first-order chi connectivity index (χ1) is 11.3. The monoisotopic (exact) mass is 310 g/mol. The number of hydrogen-bond donors (Lipinski definition) is 0. The Bertz CT molecular complexity index is 646. The molecule has 122 valence electrons. The second-order valence-electron chi connectivity index (χ2n) is 7.34. The van der Waals surface area contributed by atoms with E-state index in [1.807, 2.05) is 6.26 Å². The van der Waals surface area contributed by atoms with Crippen molar-refractivity contribution >= 4 is 0 Å². The summed E-state index contributed by atoms with van der Waals surface area (Å²) in [6.45, 7) is 5.49. The minimum Gasteiger partial charge on any atom is -0.444 e. The topological polar surface area (TPSA) is 29.3 Å². The molecule has 4 rings (SSSR count). The SMILES string of the molecule is Cc1ccc(-c2nc(CN3CC[C@H]4CCCC[C@@H]4C3)co2)cc1. The number of aromatic nitrogens is 1. The van der Waals surface area contributed by atoms with E-state index in [9.17, 15) is 0 Å². The fourth-order valence-electron chi connectivity index (χ4n) is 4.26. The number of oxazole rings is 1. The molecule has 1 saturated carbocycles. The summed E-state index contributed by atoms with van der Waals surface area (Å²) < 4.78 is 5.70. The van der Waals surface area contributed by atoms with E-state index < -0.39 is 0 Å². The summed E-state index contributed by atoms with van der Waals surface area (Å²) in [7, 11) is 0. The van der Waals surface area contributed by atoms with Crippen LogP contribution in [0.15, 0.2) is 34.9 Å². The summed E-state index contributed by atoms with van der Waals surface area (Å²) in [6.07, 6.45) is 8.96. The third kappa shape index (κ3) is 3.35. The first-order valence-electron chi connectivity index (χ1n) is 9.02. The van der Waals surface area contributed by atoms with Gasteiger partial charge in [0.2, 0.25) is 5.89 Å². The Labute approximate surface area is 138 Å². The predicted octanol–water partition coefficient (Wildman–Crippen LogP) is 4.66. The van der Waals surface area contributed by atoms with Gasteiger partial charge in [0.25, 0.3) is 0 Å². The highest BCUT2D eigenvalue weighted by Gasteiger charge is 2.31. The maximum Gasteiger partial charge on any atom is 0.226 e. The number of hydrogen-bond acceptors (Lipinski definition) is 3. The Hall–Kier alpha value is -1.61. The van der Waals surface area contributed by atoms with Crippen LogP contribution in [0.4, 0.5) is 0 Å². The van der Waals surface area contributed by atoms with E-state index in [2.05, 4.69) is 36.1 Å². The van der Waals surface area contributed by atoms with Crippen molar-refractivity contribution in [3.8, 4) is 11.5 Å². The number of piperidine rings is 1. The number of aryl methyl sites for hydroxylation is 1. The van der Waals surface area contributed by atoms with Gasteiger partial charge in [-0.25, -0.2) is 4.98 Å². The van der Waals surface area contributed by atoms with Crippen LogP contribution in [0.2, 0.25) is 0 Å². The first kappa shape index (κ1) is 14.9. The van der Waals surface area contributed by atoms with Gasteiger partial charge >= 0.3 is 0 Å². The van der Waals surface area contributed by atoms with Crippen LogP contribution >= 0.6 is 0 Å². The van der Waals surface area contributed by atoms with E-state index in [1.165, 1.54) is 50.8 Å². The molecule has 0 unspecified atom stereocenters. The zero-order valence-electron chi connectivity index (χ0n) is 14.0. The van der Waals surface area contributed by atoms with Crippen LogP contribution in [0.25, 0.3) is 11.5 Å². The molecule has 2 heterocycles. The van der Waals surface area contributed by atoms with Crippen molar-refractivity contribution in [1.29, 1.82) is 0 Å². The average molecular weight is 310 g/mol. The van der Waals surface area contributed by atoms with Gasteiger partial charge in [0.15, 0.2) is 0 Å². The van der Waals surface area contributed by atoms with E-state index in [1.54, 1.807) is 0 Å². The molecule has 0 spiro atoms. The molecule has 0 radical (unpaired) electrons. The van der Waals surface area contributed by atoms with Crippen molar-refractivity contribution in [1.82, 2.24) is 9.88 Å². The van der Waals surface area contributed by atoms with E-state index >= 15 is 0 Å². The molecule has 1 saturated heterocycles. The maximum atomic E-state index is 5.70. The van der Waals surface area contributed by atoms with Crippen LogP contribution in [0.3, 0.4) is 0 Å². The maximum absolute atomic E-state index is 5.70. The lowest BCUT2D eigenvalue weighted by Crippen LogP contribution is -2.41. The number of nitrogens with zero attached hydrogens (tertiary/aromatic N) is 2. The Balaban J connectivity index is 1.40. The van der Waals surface area contributed by atoms with Gasteiger partial charge in [0, 0.05) is 18.7 Å². The average Bonchev–Trinajstić information content (AvgIpc) is 3.04. The lowest BCUT2D eigenvalue weighted by Gasteiger charge is -2.41. The minimum atomic E-state index is 0.743. The molecule has 2 fully saturated rings. The van der Waals surface area contributed by atoms with Gasteiger partial charge in [-0.2, -0.15) is 0 Å². The van der Waals surface area contributed by atoms with Gasteiger partial charge in [-0.05, 0) is 50.3 Å². The molecule has 1 aliphatic carbocycles. The largest absolute Gasteiger partial charge is 0.444 e. The molecule has 0 N–H and O–H groups in total. The molecular weight excluding hydrogens is 284 g/mol. The van der Waals surface area contributed by atoms with Gasteiger partial charge in [-0.1, -0.05) is 37.0 Å². The van der Waals surface area contributed by atoms with Crippen molar-refractivity contribution in [3.63, 3.8) is 0 Å². The van der Waals surface area contributed by atoms with E-state index in [4.69, 9.17) is 9.40 Å². The smallest absolute Gasteiger partial charge is 0.226 e. The highest BCUT2D eigenvalue weighted by molar-refractivity contribution is 5.53. The van der Waals surface area contributed by atoms with Crippen molar-refractivity contribution in [3.05, 3.63) is 41.8 Å². The van der Waals surface area contributed by atoms with Crippen LogP contribution in [0.1, 0.15) is 43.4 Å². The number of benzene rings is 1. The molecule has 1 aromatic carbocycles. The van der Waals surface area contributed by atoms with Crippen molar-refractivity contribution in [2.24, 2.45) is 11.8 Å². The third-order valence-corrected chi connectivity index (χ3v) is 5.61. The number of rotatable bonds is 3. The Kier molecular flexibility index (Phi) is 4.21. The van der Waals surface area contributed by atoms with E-state index in [-0.39, 0.29) is 0 Å². The Morgan fingerprint density at radius 1 is 1.09 bits per heavy atom. The number of fused-ring (bicyclic) bond motifs is 1. The zero-order valence-corrected chi connectivity index (χ0v) is 14.0. The summed E-state index contributed by atoms with van der Waals surface area (Å²) in [5, 5.41) is 0. The fourth-order valence-corrected chi connectivity index (χ4v) is 4.26. The fraction of sp³-hybridized carbons (Fsp3) is 0.550. The van der Waals surface area contributed by atoms with Crippen LogP contribution in [0, 0.1) is 18.8 Å². The molecule has 2 atom stereocenters. The van der Waals surface area contributed by atoms with Crippen molar-refractivity contribution in [2.75, 3.05) is 13.1 Å². The molecule has 23 heavy (non-hydrogen) atoms. The Morgan fingerprint density at radius 2 is 1.87 bits per heavy atom. The summed E-state index contributed by atoms with van der Waals surface area (Å²) in [6, 6.07) is 8.37. The molecule has 0 amide bonds. The Morgan fingerprint density at radius 3 is 2.70 bits per heavy atom. The number of likely N-dealkylation sites (tertiary alicyclic amines) is 1. The van der Waals surface area contributed by atoms with Gasteiger partial charge in [-0.15, -0.1) is 0 Å². The molecule has 3 nitrogen and oxygen atoms in total. The van der Waals surface area contributed by atoms with Crippen LogP contribution in [-0.4, -0.2) is 23.0 Å². The summed E-state index contributed by atoms with van der Waals surface area (Å²) >= 11 is 0. The van der Waals surface area contributed by atoms with E-state index in [0.29, 0.717) is 0 Å². The summed E-state index contributed by atoms with van der Waals surface area (Å²) in [4.78, 5) is 7.27. The molecule has 3 heteroatoms. The molecular formula is C20H26N2O. The molecule has 0 bridgehead atoms. The molecule has 2 aliphatic rings. The highest BCUT2D eigenvalue weighted by atomic mass is 16.3. The first-order valence-corrected chi connectivity index (χ1v) is 9.02. The van der Waals surface area contributed by atoms with Gasteiger partial charge < -0.3 is 4.42 Å². The van der Waals surface area contributed by atoms with Crippen molar-refractivity contribution < 1.29 is 4.42 Å². The van der Waals surface area contributed by atoms with Crippen LogP contribution in [0.5, 0.6) is 0 Å². The van der Waals surface area contributed by atoms with Crippen LogP contribution in [-0.2, 0) is 6.54 Å². The van der Waals surface area contributed by atoms with Crippen molar-refractivity contribution in [2.45, 2.75) is 45.6 Å². The highest BCUT2D eigenvalue weighted by Crippen LogP contribution is 2.36.